The topological polar surface area (TPSA) is 46.2 Å². The van der Waals surface area contributed by atoms with Gasteiger partial charge in [-0.25, -0.2) is 8.42 Å². The molecule has 0 aromatic heterocycles. The van der Waals surface area contributed by atoms with Crippen LogP contribution in [0.3, 0.4) is 0 Å². The van der Waals surface area contributed by atoms with Crippen molar-refractivity contribution in [3.8, 4) is 0 Å². The monoisotopic (exact) mass is 309 g/mol. The molecule has 0 radical (unpaired) electrons. The summed E-state index contributed by atoms with van der Waals surface area (Å²) < 4.78 is 23.3. The van der Waals surface area contributed by atoms with E-state index < -0.39 is 9.84 Å². The van der Waals surface area contributed by atoms with Gasteiger partial charge in [0.1, 0.15) is 9.84 Å². The maximum atomic E-state index is 11.6. The maximum absolute atomic E-state index is 11.6. The zero-order valence-electron chi connectivity index (χ0n) is 13.1. The summed E-state index contributed by atoms with van der Waals surface area (Å²) in [6.45, 7) is 4.90. The van der Waals surface area contributed by atoms with E-state index in [1.807, 2.05) is 0 Å². The Bertz CT molecular complexity index is 554. The summed E-state index contributed by atoms with van der Waals surface area (Å²) in [5.74, 6) is 1.13. The summed E-state index contributed by atoms with van der Waals surface area (Å²) in [6, 6.07) is 9.02. The second-order valence-electron chi connectivity index (χ2n) is 5.95. The molecule has 2 unspecified atom stereocenters. The first-order valence-electron chi connectivity index (χ1n) is 8.09. The first-order valence-corrected chi connectivity index (χ1v) is 9.91. The molecule has 1 N–H and O–H groups in total. The van der Waals surface area contributed by atoms with E-state index in [4.69, 9.17) is 0 Å². The van der Waals surface area contributed by atoms with Crippen molar-refractivity contribution >= 4 is 9.84 Å². The van der Waals surface area contributed by atoms with E-state index in [2.05, 4.69) is 36.5 Å². The van der Waals surface area contributed by atoms with Crippen LogP contribution < -0.4 is 5.32 Å². The highest BCUT2D eigenvalue weighted by Gasteiger charge is 2.32. The molecule has 118 valence electrons. The number of hydrogen-bond acceptors (Lipinski definition) is 3. The molecule has 2 atom stereocenters. The number of sulfone groups is 1. The van der Waals surface area contributed by atoms with Crippen LogP contribution in [-0.4, -0.2) is 32.5 Å². The standard InChI is InChI=1S/C17H27NO2S/c1-3-11-18-17(10-7-12-21(19,20)4-2)16-13-14-8-5-6-9-15(14)16/h5-6,8-9,16-18H,3-4,7,10-13H2,1-2H3. The molecular weight excluding hydrogens is 282 g/mol. The summed E-state index contributed by atoms with van der Waals surface area (Å²) in [7, 11) is -2.84. The van der Waals surface area contributed by atoms with E-state index in [0.29, 0.717) is 17.7 Å². The third-order valence-corrected chi connectivity index (χ3v) is 6.24. The fourth-order valence-corrected chi connectivity index (χ4v) is 3.99. The normalized spacial score (nSPS) is 18.9. The molecule has 1 aromatic rings. The molecule has 0 aliphatic heterocycles. The third kappa shape index (κ3) is 4.30. The highest BCUT2D eigenvalue weighted by atomic mass is 32.2. The van der Waals surface area contributed by atoms with E-state index in [0.717, 1.165) is 32.2 Å². The molecule has 2 rings (SSSR count). The van der Waals surface area contributed by atoms with Gasteiger partial charge < -0.3 is 5.32 Å². The van der Waals surface area contributed by atoms with Crippen LogP contribution in [0, 0.1) is 0 Å². The Kier molecular flexibility index (Phi) is 5.82. The third-order valence-electron chi connectivity index (χ3n) is 4.45. The largest absolute Gasteiger partial charge is 0.313 e. The van der Waals surface area contributed by atoms with Gasteiger partial charge in [0, 0.05) is 17.7 Å². The second kappa shape index (κ2) is 7.41. The van der Waals surface area contributed by atoms with Crippen LogP contribution in [0.15, 0.2) is 24.3 Å². The highest BCUT2D eigenvalue weighted by molar-refractivity contribution is 7.91. The summed E-state index contributed by atoms with van der Waals surface area (Å²) >= 11 is 0. The predicted octanol–water partition coefficient (Wildman–Crippen LogP) is 2.91. The lowest BCUT2D eigenvalue weighted by molar-refractivity contribution is 0.377. The quantitative estimate of drug-likeness (QED) is 0.763. The molecule has 21 heavy (non-hydrogen) atoms. The minimum atomic E-state index is -2.84. The molecule has 4 heteroatoms. The summed E-state index contributed by atoms with van der Waals surface area (Å²) in [5.41, 5.74) is 2.90. The van der Waals surface area contributed by atoms with Crippen molar-refractivity contribution in [1.82, 2.24) is 5.32 Å². The van der Waals surface area contributed by atoms with Crippen LogP contribution in [0.25, 0.3) is 0 Å². The Hall–Kier alpha value is -0.870. The first kappa shape index (κ1) is 16.5. The molecule has 0 heterocycles. The van der Waals surface area contributed by atoms with Crippen molar-refractivity contribution in [3.05, 3.63) is 35.4 Å². The minimum absolute atomic E-state index is 0.256. The van der Waals surface area contributed by atoms with Crippen molar-refractivity contribution in [3.63, 3.8) is 0 Å². The fraction of sp³-hybridized carbons (Fsp3) is 0.647. The van der Waals surface area contributed by atoms with Gasteiger partial charge in [0.15, 0.2) is 0 Å². The molecule has 0 bridgehead atoms. The van der Waals surface area contributed by atoms with Crippen LogP contribution in [-0.2, 0) is 16.3 Å². The van der Waals surface area contributed by atoms with Gasteiger partial charge in [0.05, 0.1) is 5.75 Å². The fourth-order valence-electron chi connectivity index (χ4n) is 3.10. The number of rotatable bonds is 9. The van der Waals surface area contributed by atoms with Crippen molar-refractivity contribution in [2.45, 2.75) is 51.5 Å². The Morgan fingerprint density at radius 2 is 2.05 bits per heavy atom. The summed E-state index contributed by atoms with van der Waals surface area (Å²) in [4.78, 5) is 0. The van der Waals surface area contributed by atoms with Gasteiger partial charge in [0.25, 0.3) is 0 Å². The molecule has 1 aliphatic carbocycles. The van der Waals surface area contributed by atoms with E-state index in [1.165, 1.54) is 11.1 Å². The van der Waals surface area contributed by atoms with Crippen molar-refractivity contribution in [1.29, 1.82) is 0 Å². The summed E-state index contributed by atoms with van der Waals surface area (Å²) in [5, 5.41) is 3.62. The van der Waals surface area contributed by atoms with Crippen molar-refractivity contribution in [2.75, 3.05) is 18.1 Å². The van der Waals surface area contributed by atoms with Gasteiger partial charge in [-0.15, -0.1) is 0 Å². The molecule has 0 saturated heterocycles. The molecule has 0 fully saturated rings. The zero-order chi connectivity index (χ0) is 15.3. The van der Waals surface area contributed by atoms with Crippen LogP contribution in [0.2, 0.25) is 0 Å². The smallest absolute Gasteiger partial charge is 0.150 e. The Morgan fingerprint density at radius 3 is 2.71 bits per heavy atom. The summed E-state index contributed by atoms with van der Waals surface area (Å²) in [6.07, 6.45) is 3.94. The van der Waals surface area contributed by atoms with Gasteiger partial charge in [-0.05, 0) is 43.4 Å². The highest BCUT2D eigenvalue weighted by Crippen LogP contribution is 2.38. The van der Waals surface area contributed by atoms with E-state index >= 15 is 0 Å². The van der Waals surface area contributed by atoms with E-state index in [-0.39, 0.29) is 5.75 Å². The zero-order valence-corrected chi connectivity index (χ0v) is 14.0. The minimum Gasteiger partial charge on any atom is -0.313 e. The molecule has 3 nitrogen and oxygen atoms in total. The van der Waals surface area contributed by atoms with Gasteiger partial charge in [0.2, 0.25) is 0 Å². The molecule has 0 amide bonds. The van der Waals surface area contributed by atoms with E-state index in [1.54, 1.807) is 6.92 Å². The molecule has 0 spiro atoms. The van der Waals surface area contributed by atoms with Crippen molar-refractivity contribution in [2.24, 2.45) is 0 Å². The van der Waals surface area contributed by atoms with Crippen LogP contribution in [0.5, 0.6) is 0 Å². The van der Waals surface area contributed by atoms with E-state index in [9.17, 15) is 8.42 Å². The Morgan fingerprint density at radius 1 is 1.29 bits per heavy atom. The predicted molar refractivity (Wildman–Crippen MR) is 88.5 cm³/mol. The van der Waals surface area contributed by atoms with Gasteiger partial charge >= 0.3 is 0 Å². The number of hydrogen-bond donors (Lipinski definition) is 1. The number of benzene rings is 1. The first-order chi connectivity index (χ1) is 10.1. The lowest BCUT2D eigenvalue weighted by atomic mass is 9.72. The van der Waals surface area contributed by atoms with Crippen molar-refractivity contribution < 1.29 is 8.42 Å². The lowest BCUT2D eigenvalue weighted by Crippen LogP contribution is -2.40. The Labute approximate surface area is 129 Å². The molecular formula is C17H27NO2S. The van der Waals surface area contributed by atoms with Gasteiger partial charge in [-0.1, -0.05) is 38.1 Å². The molecule has 0 saturated carbocycles. The molecule has 1 aliphatic rings. The number of nitrogens with one attached hydrogen (secondary N) is 1. The van der Waals surface area contributed by atoms with Gasteiger partial charge in [-0.3, -0.25) is 0 Å². The van der Waals surface area contributed by atoms with Crippen LogP contribution in [0.4, 0.5) is 0 Å². The average molecular weight is 309 g/mol. The second-order valence-corrected chi connectivity index (χ2v) is 8.42. The van der Waals surface area contributed by atoms with Crippen LogP contribution >= 0.6 is 0 Å². The Balaban J connectivity index is 1.93. The van der Waals surface area contributed by atoms with Crippen LogP contribution in [0.1, 0.15) is 50.2 Å². The molecule has 1 aromatic carbocycles. The SMILES string of the molecule is CCCNC(CCCS(=O)(=O)CC)C1Cc2ccccc21. The number of fused-ring (bicyclic) bond motifs is 1. The average Bonchev–Trinajstić information content (AvgIpc) is 2.45. The maximum Gasteiger partial charge on any atom is 0.150 e. The van der Waals surface area contributed by atoms with Gasteiger partial charge in [-0.2, -0.15) is 0 Å². The lowest BCUT2D eigenvalue weighted by Gasteiger charge is -2.37.